The number of hydrogen-bond acceptors (Lipinski definition) is 5. The Morgan fingerprint density at radius 2 is 1.54 bits per heavy atom. The van der Waals surface area contributed by atoms with E-state index in [2.05, 4.69) is 72.4 Å². The molecule has 0 radical (unpaired) electrons. The van der Waals surface area contributed by atoms with Crippen LogP contribution in [0.3, 0.4) is 0 Å². The Bertz CT molecular complexity index is 1290. The number of aromatic nitrogens is 3. The van der Waals surface area contributed by atoms with Crippen LogP contribution in [0, 0.1) is 23.7 Å². The number of nitrogens with zero attached hydrogens (tertiary/aromatic N) is 4. The average molecular weight is 729 g/mol. The van der Waals surface area contributed by atoms with Crippen LogP contribution in [0.1, 0.15) is 137 Å². The van der Waals surface area contributed by atoms with Gasteiger partial charge < -0.3 is 20.6 Å². The lowest BCUT2D eigenvalue weighted by atomic mass is 9.92. The van der Waals surface area contributed by atoms with E-state index in [-0.39, 0.29) is 36.0 Å². The van der Waals surface area contributed by atoms with Crippen LogP contribution in [0.25, 0.3) is 0 Å². The average Bonchev–Trinajstić information content (AvgIpc) is 3.58. The summed E-state index contributed by atoms with van der Waals surface area (Å²) in [5.41, 5.74) is 1.41. The van der Waals surface area contributed by atoms with E-state index in [1.165, 1.54) is 24.8 Å². The monoisotopic (exact) mass is 729 g/mol. The summed E-state index contributed by atoms with van der Waals surface area (Å²) in [4.78, 5) is 52.0. The van der Waals surface area contributed by atoms with Crippen molar-refractivity contribution in [2.45, 2.75) is 151 Å². The first-order valence-electron chi connectivity index (χ1n) is 19.9. The third-order valence-corrected chi connectivity index (χ3v) is 10.2. The second-order valence-electron chi connectivity index (χ2n) is 15.1. The van der Waals surface area contributed by atoms with Crippen molar-refractivity contribution < 1.29 is 24.3 Å². The standard InChI is InChI=1S/C31H58N6O3.C9H12.CH2O2/c1-9-12-20-37-34-26(35(37)8)18-13-14-19-27(38)32-28(22(4)5)30(39)33-29(23(6)7)31(40)36(11-3)21-25-17-15-16-24(25)10-2;1-8(2)9-6-4-3-5-7-9;2-1-3/h22-25,28-29H,9-21H2,1-8H3,(H,32,38)(H,33,39);3-8H,1-2H3;1H,(H,2,3)/t24-,25-,28-,29?;;/m0../s1. The molecule has 3 N–H and O–H groups in total. The van der Waals surface area contributed by atoms with Gasteiger partial charge in [-0.2, -0.15) is 0 Å². The molecular weight excluding hydrogens is 656 g/mol. The molecule has 1 aromatic heterocycles. The summed E-state index contributed by atoms with van der Waals surface area (Å²) in [5.74, 6) is 2.36. The van der Waals surface area contributed by atoms with Crippen molar-refractivity contribution in [3.8, 4) is 0 Å². The number of carbonyl (C=O) groups excluding carboxylic acids is 3. The van der Waals surface area contributed by atoms with Gasteiger partial charge in [-0.1, -0.05) is 111 Å². The minimum Gasteiger partial charge on any atom is -0.483 e. The number of carboxylic acid groups (broad SMARTS) is 1. The molecule has 0 aliphatic heterocycles. The van der Waals surface area contributed by atoms with Crippen LogP contribution in [-0.4, -0.2) is 74.0 Å². The van der Waals surface area contributed by atoms with Crippen molar-refractivity contribution in [1.29, 1.82) is 0 Å². The van der Waals surface area contributed by atoms with Gasteiger partial charge in [0, 0.05) is 33.0 Å². The Balaban J connectivity index is 0.000000953. The Kier molecular flexibility index (Phi) is 22.6. The predicted molar refractivity (Wildman–Crippen MR) is 210 cm³/mol. The molecule has 52 heavy (non-hydrogen) atoms. The van der Waals surface area contributed by atoms with Gasteiger partial charge in [0.05, 0.1) is 6.54 Å². The largest absolute Gasteiger partial charge is 0.483 e. The molecule has 1 saturated carbocycles. The lowest BCUT2D eigenvalue weighted by Crippen LogP contribution is -2.57. The van der Waals surface area contributed by atoms with Crippen molar-refractivity contribution in [3.05, 3.63) is 41.7 Å². The second kappa shape index (κ2) is 25.4. The molecule has 2 aromatic rings. The van der Waals surface area contributed by atoms with Crippen molar-refractivity contribution in [2.24, 2.45) is 30.7 Å². The van der Waals surface area contributed by atoms with Crippen LogP contribution in [0.5, 0.6) is 0 Å². The Labute approximate surface area is 314 Å². The number of benzene rings is 1. The van der Waals surface area contributed by atoms with Crippen LogP contribution >= 0.6 is 0 Å². The molecule has 0 bridgehead atoms. The third-order valence-electron chi connectivity index (χ3n) is 10.2. The van der Waals surface area contributed by atoms with Crippen LogP contribution in [0.4, 0.5) is 0 Å². The maximum atomic E-state index is 13.6. The summed E-state index contributed by atoms with van der Waals surface area (Å²) >= 11 is 0. The van der Waals surface area contributed by atoms with Gasteiger partial charge in [0.15, 0.2) is 0 Å². The smallest absolute Gasteiger partial charge is 0.290 e. The molecule has 1 heterocycles. The molecule has 11 nitrogen and oxygen atoms in total. The van der Waals surface area contributed by atoms with Gasteiger partial charge in [0.25, 0.3) is 6.47 Å². The number of nitrogens with one attached hydrogen (secondary N) is 2. The molecule has 296 valence electrons. The molecule has 1 aliphatic rings. The molecule has 11 heteroatoms. The quantitative estimate of drug-likeness (QED) is 0.103. The zero-order chi connectivity index (χ0) is 39.2. The lowest BCUT2D eigenvalue weighted by Gasteiger charge is -2.33. The molecule has 1 fully saturated rings. The van der Waals surface area contributed by atoms with Crippen molar-refractivity contribution in [3.63, 3.8) is 0 Å². The number of rotatable bonds is 19. The maximum Gasteiger partial charge on any atom is 0.290 e. The van der Waals surface area contributed by atoms with E-state index >= 15 is 0 Å². The fourth-order valence-electron chi connectivity index (χ4n) is 6.76. The van der Waals surface area contributed by atoms with Gasteiger partial charge in [0.1, 0.15) is 17.9 Å². The first kappa shape index (κ1) is 46.4. The minimum absolute atomic E-state index is 0.0152. The SMILES string of the molecule is CC(C)c1ccccc1.CCCCn1nc(CCCCC(=O)N[C@H](C(=O)NC(C(=O)N(CC)C[C@@H]2CCC[C@@H]2CC)C(C)C)C(C)C)n1C.O=CO. The zero-order valence-electron chi connectivity index (χ0n) is 34.1. The predicted octanol–water partition coefficient (Wildman–Crippen LogP) is 7.20. The van der Waals surface area contributed by atoms with E-state index in [1.54, 1.807) is 0 Å². The lowest BCUT2D eigenvalue weighted by molar-refractivity contribution is -0.139. The Morgan fingerprint density at radius 1 is 0.923 bits per heavy atom. The molecule has 3 amide bonds. The van der Waals surface area contributed by atoms with Gasteiger partial charge in [-0.3, -0.25) is 23.9 Å². The number of carbonyl (C=O) groups is 4. The maximum absolute atomic E-state index is 13.6. The summed E-state index contributed by atoms with van der Waals surface area (Å²) in [5, 5.41) is 17.4. The summed E-state index contributed by atoms with van der Waals surface area (Å²) in [6.45, 7) is 20.7. The highest BCUT2D eigenvalue weighted by atomic mass is 16.3. The summed E-state index contributed by atoms with van der Waals surface area (Å²) in [7, 11) is 2.03. The van der Waals surface area contributed by atoms with Gasteiger partial charge in [-0.25, -0.2) is 4.80 Å². The van der Waals surface area contributed by atoms with Gasteiger partial charge in [0.2, 0.25) is 17.7 Å². The van der Waals surface area contributed by atoms with Gasteiger partial charge in [-0.05, 0) is 67.8 Å². The van der Waals surface area contributed by atoms with E-state index < -0.39 is 12.1 Å². The molecule has 3 rings (SSSR count). The molecule has 1 unspecified atom stereocenters. The minimum atomic E-state index is -0.676. The number of amides is 3. The molecular formula is C41H72N6O5. The summed E-state index contributed by atoms with van der Waals surface area (Å²) < 4.78 is 2.09. The number of aryl methyl sites for hydroxylation is 2. The fourth-order valence-corrected chi connectivity index (χ4v) is 6.76. The Hall–Kier alpha value is -3.63. The first-order chi connectivity index (χ1) is 24.7. The first-order valence-corrected chi connectivity index (χ1v) is 19.9. The molecule has 0 saturated heterocycles. The van der Waals surface area contributed by atoms with E-state index in [9.17, 15) is 14.4 Å². The van der Waals surface area contributed by atoms with E-state index in [0.29, 0.717) is 30.7 Å². The van der Waals surface area contributed by atoms with Crippen LogP contribution in [0.2, 0.25) is 0 Å². The summed E-state index contributed by atoms with van der Waals surface area (Å²) in [6, 6.07) is 9.24. The highest BCUT2D eigenvalue weighted by Crippen LogP contribution is 2.34. The number of unbranched alkanes of at least 4 members (excludes halogenated alkanes) is 2. The van der Waals surface area contributed by atoms with Crippen LogP contribution in [-0.2, 0) is 39.2 Å². The van der Waals surface area contributed by atoms with Crippen molar-refractivity contribution in [2.75, 3.05) is 13.1 Å². The van der Waals surface area contributed by atoms with Crippen molar-refractivity contribution >= 4 is 24.2 Å². The highest BCUT2D eigenvalue weighted by Gasteiger charge is 2.34. The zero-order valence-corrected chi connectivity index (χ0v) is 34.1. The van der Waals surface area contributed by atoms with Gasteiger partial charge in [-0.15, -0.1) is 5.10 Å². The third kappa shape index (κ3) is 15.9. The molecule has 4 atom stereocenters. The molecule has 0 spiro atoms. The van der Waals surface area contributed by atoms with Crippen molar-refractivity contribution in [1.82, 2.24) is 30.1 Å². The number of likely N-dealkylation sites (N-methyl/N-ethyl adjacent to an activating group) is 1. The van der Waals surface area contributed by atoms with E-state index in [0.717, 1.165) is 57.4 Å². The normalized spacial score (nSPS) is 16.4. The fraction of sp³-hybridized carbons (Fsp3) is 0.732. The second-order valence-corrected chi connectivity index (χ2v) is 15.1. The van der Waals surface area contributed by atoms with Crippen LogP contribution in [0.15, 0.2) is 30.3 Å². The topological polar surface area (TPSA) is 139 Å². The highest BCUT2D eigenvalue weighted by molar-refractivity contribution is 5.92. The van der Waals surface area contributed by atoms with Crippen LogP contribution < -0.4 is 10.6 Å². The molecule has 1 aromatic carbocycles. The summed E-state index contributed by atoms with van der Waals surface area (Å²) in [6.07, 6.45) is 9.88. The van der Waals surface area contributed by atoms with E-state index in [1.807, 2.05) is 57.4 Å². The number of hydrogen-bond donors (Lipinski definition) is 3. The van der Waals surface area contributed by atoms with E-state index in [4.69, 9.17) is 9.90 Å². The Morgan fingerprint density at radius 3 is 2.04 bits per heavy atom. The molecule has 1 aliphatic carbocycles. The van der Waals surface area contributed by atoms with Gasteiger partial charge >= 0.3 is 0 Å².